The second-order valence-electron chi connectivity index (χ2n) is 5.22. The van der Waals surface area contributed by atoms with Crippen molar-refractivity contribution in [3.8, 4) is 0 Å². The fourth-order valence-electron chi connectivity index (χ4n) is 2.56. The summed E-state index contributed by atoms with van der Waals surface area (Å²) in [6.45, 7) is 5.66. The lowest BCUT2D eigenvalue weighted by Crippen LogP contribution is -2.58. The predicted octanol–water partition coefficient (Wildman–Crippen LogP) is 3.07. The SMILES string of the molecule is CCCC1C(=O)NC(=O)N(c2c(C)cc(C)cc2Br)C1=O. The lowest BCUT2D eigenvalue weighted by atomic mass is 9.98. The van der Waals surface area contributed by atoms with Crippen LogP contribution in [0.15, 0.2) is 16.6 Å². The van der Waals surface area contributed by atoms with Crippen LogP contribution in [-0.4, -0.2) is 17.8 Å². The van der Waals surface area contributed by atoms with Crippen molar-refractivity contribution in [1.29, 1.82) is 0 Å². The van der Waals surface area contributed by atoms with Crippen LogP contribution in [0.2, 0.25) is 0 Å². The van der Waals surface area contributed by atoms with Gasteiger partial charge in [0.15, 0.2) is 0 Å². The molecule has 1 saturated heterocycles. The second-order valence-corrected chi connectivity index (χ2v) is 6.08. The minimum atomic E-state index is -0.805. The monoisotopic (exact) mass is 352 g/mol. The van der Waals surface area contributed by atoms with Crippen molar-refractivity contribution >= 4 is 39.5 Å². The molecule has 0 aromatic heterocycles. The molecule has 1 fully saturated rings. The van der Waals surface area contributed by atoms with Crippen molar-refractivity contribution in [3.63, 3.8) is 0 Å². The van der Waals surface area contributed by atoms with Gasteiger partial charge in [0.25, 0.3) is 0 Å². The summed E-state index contributed by atoms with van der Waals surface area (Å²) in [7, 11) is 0. The molecule has 21 heavy (non-hydrogen) atoms. The van der Waals surface area contributed by atoms with Crippen LogP contribution in [0.4, 0.5) is 10.5 Å². The third-order valence-electron chi connectivity index (χ3n) is 3.47. The zero-order valence-corrected chi connectivity index (χ0v) is 13.8. The number of imide groups is 2. The summed E-state index contributed by atoms with van der Waals surface area (Å²) in [5.41, 5.74) is 2.32. The largest absolute Gasteiger partial charge is 0.335 e. The van der Waals surface area contributed by atoms with Gasteiger partial charge in [-0.05, 0) is 53.4 Å². The molecule has 1 aromatic rings. The molecule has 0 bridgehead atoms. The minimum Gasteiger partial charge on any atom is -0.277 e. The number of carbonyl (C=O) groups is 3. The van der Waals surface area contributed by atoms with E-state index in [2.05, 4.69) is 21.2 Å². The molecule has 5 nitrogen and oxygen atoms in total. The molecular weight excluding hydrogens is 336 g/mol. The van der Waals surface area contributed by atoms with Crippen LogP contribution < -0.4 is 10.2 Å². The molecule has 1 heterocycles. The van der Waals surface area contributed by atoms with Gasteiger partial charge in [-0.15, -0.1) is 0 Å². The maximum Gasteiger partial charge on any atom is 0.335 e. The van der Waals surface area contributed by atoms with Gasteiger partial charge in [0.2, 0.25) is 11.8 Å². The Morgan fingerprint density at radius 1 is 1.24 bits per heavy atom. The highest BCUT2D eigenvalue weighted by molar-refractivity contribution is 9.10. The Morgan fingerprint density at radius 3 is 2.48 bits per heavy atom. The van der Waals surface area contributed by atoms with Crippen LogP contribution in [0.5, 0.6) is 0 Å². The zero-order valence-electron chi connectivity index (χ0n) is 12.2. The highest BCUT2D eigenvalue weighted by Crippen LogP contribution is 2.34. The Kier molecular flexibility index (Phi) is 4.46. The van der Waals surface area contributed by atoms with Crippen LogP contribution >= 0.6 is 15.9 Å². The van der Waals surface area contributed by atoms with E-state index in [1.165, 1.54) is 0 Å². The first-order valence-electron chi connectivity index (χ1n) is 6.82. The number of barbiturate groups is 1. The number of nitrogens with one attached hydrogen (secondary N) is 1. The number of urea groups is 1. The molecule has 0 saturated carbocycles. The lowest BCUT2D eigenvalue weighted by molar-refractivity contribution is -0.134. The van der Waals surface area contributed by atoms with Gasteiger partial charge < -0.3 is 0 Å². The smallest absolute Gasteiger partial charge is 0.277 e. The van der Waals surface area contributed by atoms with Crippen LogP contribution in [-0.2, 0) is 9.59 Å². The number of carbonyl (C=O) groups excluding carboxylic acids is 3. The second kappa shape index (κ2) is 5.97. The van der Waals surface area contributed by atoms with Crippen LogP contribution in [0, 0.1) is 19.8 Å². The van der Waals surface area contributed by atoms with Gasteiger partial charge in [-0.2, -0.15) is 0 Å². The minimum absolute atomic E-state index is 0.428. The number of nitrogens with zero attached hydrogens (tertiary/aromatic N) is 1. The van der Waals surface area contributed by atoms with E-state index in [-0.39, 0.29) is 0 Å². The number of aryl methyl sites for hydroxylation is 2. The molecule has 1 aromatic carbocycles. The molecule has 6 heteroatoms. The van der Waals surface area contributed by atoms with E-state index in [0.29, 0.717) is 23.0 Å². The fraction of sp³-hybridized carbons (Fsp3) is 0.400. The van der Waals surface area contributed by atoms with E-state index in [1.807, 2.05) is 32.9 Å². The molecule has 1 aliphatic heterocycles. The van der Waals surface area contributed by atoms with E-state index >= 15 is 0 Å². The van der Waals surface area contributed by atoms with Crippen molar-refractivity contribution in [1.82, 2.24) is 5.32 Å². The van der Waals surface area contributed by atoms with E-state index in [1.54, 1.807) is 0 Å². The molecule has 1 aliphatic rings. The van der Waals surface area contributed by atoms with E-state index in [0.717, 1.165) is 16.0 Å². The van der Waals surface area contributed by atoms with Crippen LogP contribution in [0.3, 0.4) is 0 Å². The van der Waals surface area contributed by atoms with E-state index < -0.39 is 23.8 Å². The Labute approximate surface area is 131 Å². The molecule has 0 aliphatic carbocycles. The number of benzene rings is 1. The molecule has 2 rings (SSSR count). The van der Waals surface area contributed by atoms with E-state index in [9.17, 15) is 14.4 Å². The average Bonchev–Trinajstić information content (AvgIpc) is 2.37. The van der Waals surface area contributed by atoms with Gasteiger partial charge in [0, 0.05) is 4.47 Å². The molecule has 0 radical (unpaired) electrons. The van der Waals surface area contributed by atoms with Crippen molar-refractivity contribution in [3.05, 3.63) is 27.7 Å². The molecule has 0 spiro atoms. The summed E-state index contributed by atoms with van der Waals surface area (Å²) in [4.78, 5) is 37.5. The maximum atomic E-state index is 12.5. The normalized spacial score (nSPS) is 19.0. The first-order chi connectivity index (χ1) is 9.86. The molecule has 1 N–H and O–H groups in total. The average molecular weight is 353 g/mol. The van der Waals surface area contributed by atoms with Gasteiger partial charge in [-0.1, -0.05) is 19.4 Å². The number of amides is 4. The summed E-state index contributed by atoms with van der Waals surface area (Å²) < 4.78 is 0.660. The lowest BCUT2D eigenvalue weighted by Gasteiger charge is -2.31. The Bertz CT molecular complexity index is 604. The third kappa shape index (κ3) is 2.85. The third-order valence-corrected chi connectivity index (χ3v) is 4.07. The number of anilines is 1. The van der Waals surface area contributed by atoms with Crippen molar-refractivity contribution in [2.24, 2.45) is 5.92 Å². The summed E-state index contributed by atoms with van der Waals surface area (Å²) in [6.07, 6.45) is 1.12. The Balaban J connectivity index is 2.49. The molecule has 1 unspecified atom stereocenters. The van der Waals surface area contributed by atoms with Gasteiger partial charge in [-0.25, -0.2) is 9.69 Å². The predicted molar refractivity (Wildman–Crippen MR) is 83.0 cm³/mol. The quantitative estimate of drug-likeness (QED) is 0.850. The van der Waals surface area contributed by atoms with Gasteiger partial charge in [0.05, 0.1) is 5.69 Å². The highest BCUT2D eigenvalue weighted by atomic mass is 79.9. The maximum absolute atomic E-state index is 12.5. The number of rotatable bonds is 3. The number of hydrogen-bond acceptors (Lipinski definition) is 3. The highest BCUT2D eigenvalue weighted by Gasteiger charge is 2.41. The van der Waals surface area contributed by atoms with Crippen molar-refractivity contribution in [2.75, 3.05) is 4.90 Å². The summed E-state index contributed by atoms with van der Waals surface area (Å²) in [5.74, 6) is -1.78. The topological polar surface area (TPSA) is 66.5 Å². The fourth-order valence-corrected chi connectivity index (χ4v) is 3.41. The van der Waals surface area contributed by atoms with Crippen molar-refractivity contribution < 1.29 is 14.4 Å². The summed E-state index contributed by atoms with van der Waals surface area (Å²) in [5, 5.41) is 2.27. The first-order valence-corrected chi connectivity index (χ1v) is 7.61. The van der Waals surface area contributed by atoms with Gasteiger partial charge >= 0.3 is 6.03 Å². The zero-order chi connectivity index (χ0) is 15.7. The summed E-state index contributed by atoms with van der Waals surface area (Å²) in [6, 6.07) is 3.05. The van der Waals surface area contributed by atoms with Crippen LogP contribution in [0.25, 0.3) is 0 Å². The summed E-state index contributed by atoms with van der Waals surface area (Å²) >= 11 is 3.40. The van der Waals surface area contributed by atoms with Crippen molar-refractivity contribution in [2.45, 2.75) is 33.6 Å². The number of halogens is 1. The van der Waals surface area contributed by atoms with Gasteiger partial charge in [-0.3, -0.25) is 14.9 Å². The Hall–Kier alpha value is -1.69. The standard InChI is InChI=1S/C15H17BrN2O3/c1-4-5-10-13(19)17-15(21)18(14(10)20)12-9(3)6-8(2)7-11(12)16/h6-7,10H,4-5H2,1-3H3,(H,17,19,21). The molecule has 1 atom stereocenters. The number of hydrogen-bond donors (Lipinski definition) is 1. The first kappa shape index (κ1) is 15.7. The molecule has 4 amide bonds. The van der Waals surface area contributed by atoms with E-state index in [4.69, 9.17) is 0 Å². The van der Waals surface area contributed by atoms with Gasteiger partial charge in [0.1, 0.15) is 5.92 Å². The molecular formula is C15H17BrN2O3. The Morgan fingerprint density at radius 2 is 1.90 bits per heavy atom. The van der Waals surface area contributed by atoms with Crippen LogP contribution in [0.1, 0.15) is 30.9 Å². The molecule has 112 valence electrons.